The molecule has 4 nitrogen and oxygen atoms in total. The number of piperidine rings is 4. The van der Waals surface area contributed by atoms with Gasteiger partial charge in [-0.2, -0.15) is 0 Å². The highest BCUT2D eigenvalue weighted by Gasteiger charge is 2.53. The molecule has 6 heterocycles. The van der Waals surface area contributed by atoms with Crippen molar-refractivity contribution in [2.45, 2.75) is 70.5 Å². The van der Waals surface area contributed by atoms with Crippen molar-refractivity contribution in [1.29, 1.82) is 0 Å². The zero-order valence-corrected chi connectivity index (χ0v) is 35.6. The van der Waals surface area contributed by atoms with E-state index in [1.807, 2.05) is 12.4 Å². The van der Waals surface area contributed by atoms with Gasteiger partial charge in [-0.05, 0) is 87.5 Å². The quantitative estimate of drug-likeness (QED) is 0.0759. The molecular formula is C56H61N4+2. The Kier molecular flexibility index (Phi) is 10.6. The molecule has 0 amide bonds. The van der Waals surface area contributed by atoms with Crippen molar-refractivity contribution < 1.29 is 9.38 Å². The lowest BCUT2D eigenvalue weighted by atomic mass is 9.69. The van der Waals surface area contributed by atoms with Gasteiger partial charge < -0.3 is 9.38 Å². The van der Waals surface area contributed by atoms with Crippen molar-refractivity contribution in [3.63, 3.8) is 0 Å². The van der Waals surface area contributed by atoms with E-state index in [0.717, 1.165) is 41.6 Å². The van der Waals surface area contributed by atoms with Crippen LogP contribution in [0.3, 0.4) is 0 Å². The van der Waals surface area contributed by atoms with E-state index in [9.17, 15) is 0 Å². The van der Waals surface area contributed by atoms with Gasteiger partial charge in [-0.3, -0.25) is 9.97 Å². The van der Waals surface area contributed by atoms with Crippen LogP contribution in [0.5, 0.6) is 0 Å². The fourth-order valence-corrected chi connectivity index (χ4v) is 12.5. The fraction of sp³-hybridized carbons (Fsp3) is 0.339. The molecule has 0 spiro atoms. The number of fused-ring (bicyclic) bond motifs is 7. The van der Waals surface area contributed by atoms with E-state index < -0.39 is 0 Å². The highest BCUT2D eigenvalue weighted by molar-refractivity contribution is 6.05. The average molecular weight is 790 g/mol. The summed E-state index contributed by atoms with van der Waals surface area (Å²) in [6, 6.07) is 41.2. The van der Waals surface area contributed by atoms with Crippen molar-refractivity contribution in [2.75, 3.05) is 26.2 Å². The molecule has 2 aromatic heterocycles. The SMILES string of the molecule is C=C[C@H]1C[NH+](Cc2c3ccccc3c(C[N+]34CCC(CC3[C@@H](C)c3ccnc5ccccc35)[C@@H](C=C)C4)c3ccccc23)CCC1C[CH][C@@H](C)c1ccnc2ccccc12. The molecule has 11 rings (SSSR count). The molecule has 303 valence electrons. The number of rotatable bonds is 12. The first-order valence-electron chi connectivity index (χ1n) is 22.8. The van der Waals surface area contributed by atoms with Crippen molar-refractivity contribution in [1.82, 2.24) is 9.97 Å². The minimum Gasteiger partial charge on any atom is -0.331 e. The van der Waals surface area contributed by atoms with Gasteiger partial charge in [0.05, 0.1) is 43.3 Å². The summed E-state index contributed by atoms with van der Waals surface area (Å²) >= 11 is 0. The van der Waals surface area contributed by atoms with Crippen LogP contribution < -0.4 is 4.90 Å². The van der Waals surface area contributed by atoms with Crippen molar-refractivity contribution >= 4 is 43.4 Å². The number of aromatic nitrogens is 2. The number of pyridine rings is 2. The first-order chi connectivity index (χ1) is 29.4. The van der Waals surface area contributed by atoms with Gasteiger partial charge in [0.15, 0.2) is 0 Å². The van der Waals surface area contributed by atoms with Crippen LogP contribution in [-0.2, 0) is 13.1 Å². The van der Waals surface area contributed by atoms with E-state index in [1.54, 1.807) is 4.90 Å². The second-order valence-electron chi connectivity index (χ2n) is 18.8. The number of likely N-dealkylation sites (tertiary alicyclic amines) is 1. The summed E-state index contributed by atoms with van der Waals surface area (Å²) < 4.78 is 1.13. The maximum atomic E-state index is 4.76. The molecule has 4 fully saturated rings. The minimum atomic E-state index is 0.378. The molecule has 4 aliphatic rings. The smallest absolute Gasteiger partial charge is 0.106 e. The maximum absolute atomic E-state index is 4.76. The molecule has 1 N–H and O–H groups in total. The van der Waals surface area contributed by atoms with Crippen LogP contribution in [0.4, 0.5) is 0 Å². The Labute approximate surface area is 357 Å². The Morgan fingerprint density at radius 2 is 1.25 bits per heavy atom. The lowest BCUT2D eigenvalue weighted by Crippen LogP contribution is -3.12. The van der Waals surface area contributed by atoms with E-state index in [2.05, 4.69) is 160 Å². The molecule has 2 bridgehead atoms. The van der Waals surface area contributed by atoms with Crippen LogP contribution in [-0.4, -0.2) is 46.7 Å². The van der Waals surface area contributed by atoms with Crippen LogP contribution in [0.25, 0.3) is 43.4 Å². The van der Waals surface area contributed by atoms with Gasteiger partial charge >= 0.3 is 0 Å². The molecule has 0 saturated carbocycles. The van der Waals surface area contributed by atoms with Gasteiger partial charge in [0, 0.05) is 71.3 Å². The third-order valence-electron chi connectivity index (χ3n) is 15.7. The van der Waals surface area contributed by atoms with Gasteiger partial charge in [0.2, 0.25) is 0 Å². The number of hydrogen-bond acceptors (Lipinski definition) is 2. The molecular weight excluding hydrogens is 729 g/mol. The zero-order valence-electron chi connectivity index (χ0n) is 35.6. The summed E-state index contributed by atoms with van der Waals surface area (Å²) in [5.74, 6) is 3.20. The normalized spacial score (nSPS) is 26.4. The summed E-state index contributed by atoms with van der Waals surface area (Å²) in [6.07, 6.45) is 16.0. The van der Waals surface area contributed by atoms with Crippen molar-refractivity contribution in [3.05, 3.63) is 176 Å². The zero-order chi connectivity index (χ0) is 40.8. The summed E-state index contributed by atoms with van der Waals surface area (Å²) in [5.41, 5.74) is 8.07. The fourth-order valence-electron chi connectivity index (χ4n) is 12.5. The molecule has 7 aromatic rings. The van der Waals surface area contributed by atoms with Crippen molar-refractivity contribution in [3.8, 4) is 0 Å². The number of hydrogen-bond donors (Lipinski definition) is 1. The molecule has 4 saturated heterocycles. The molecule has 4 heteroatoms. The summed E-state index contributed by atoms with van der Waals surface area (Å²) in [5, 5.41) is 8.36. The maximum Gasteiger partial charge on any atom is 0.106 e. The van der Waals surface area contributed by atoms with E-state index in [4.69, 9.17) is 4.98 Å². The van der Waals surface area contributed by atoms with Gasteiger partial charge in [-0.15, -0.1) is 13.2 Å². The first kappa shape index (κ1) is 39.0. The number of nitrogens with zero attached hydrogens (tertiary/aromatic N) is 3. The summed E-state index contributed by atoms with van der Waals surface area (Å²) in [7, 11) is 0. The predicted octanol–water partition coefficient (Wildman–Crippen LogP) is 11.4. The highest BCUT2D eigenvalue weighted by Crippen LogP contribution is 2.50. The average Bonchev–Trinajstić information content (AvgIpc) is 3.31. The van der Waals surface area contributed by atoms with E-state index >= 15 is 0 Å². The standard InChI is InChI=1S/C56H60N4/c1-5-40-34-59(31-27-42(40)24-23-38(3)44-25-29-57-54-21-13-11-19-50(44)54)35-52-46-15-7-9-17-48(46)53(49-18-10-8-16-47(49)52)37-60-32-28-43(41(6-2)36-60)33-56(60)39(4)45-26-30-58-55-22-14-12-20-51(45)55/h5-23,25-26,29-30,38-43,56H,1-2,24,27-28,31-37H2,3-4H3/q+1/p+1/t38-,39+,40+,41+,42?,43?,56?,60?/m1/s1. The van der Waals surface area contributed by atoms with Crippen molar-refractivity contribution in [2.24, 2.45) is 23.7 Å². The van der Waals surface area contributed by atoms with Gasteiger partial charge in [-0.25, -0.2) is 0 Å². The van der Waals surface area contributed by atoms with Crippen LogP contribution >= 0.6 is 0 Å². The lowest BCUT2D eigenvalue weighted by molar-refractivity contribution is -0.982. The van der Waals surface area contributed by atoms with E-state index in [-0.39, 0.29) is 0 Å². The van der Waals surface area contributed by atoms with Gasteiger partial charge in [0.1, 0.15) is 13.1 Å². The van der Waals surface area contributed by atoms with E-state index in [1.165, 1.54) is 93.5 Å². The largest absolute Gasteiger partial charge is 0.331 e. The topological polar surface area (TPSA) is 30.2 Å². The number of nitrogens with one attached hydrogen (secondary N) is 1. The third kappa shape index (κ3) is 6.96. The predicted molar refractivity (Wildman–Crippen MR) is 251 cm³/mol. The Balaban J connectivity index is 0.942. The summed E-state index contributed by atoms with van der Waals surface area (Å²) in [4.78, 5) is 11.1. The third-order valence-corrected chi connectivity index (χ3v) is 15.7. The molecule has 4 aliphatic heterocycles. The Morgan fingerprint density at radius 1 is 0.683 bits per heavy atom. The monoisotopic (exact) mass is 789 g/mol. The first-order valence-corrected chi connectivity index (χ1v) is 22.8. The molecule has 0 aliphatic carbocycles. The molecule has 9 atom stereocenters. The van der Waals surface area contributed by atoms with Crippen LogP contribution in [0.2, 0.25) is 0 Å². The molecule has 5 aromatic carbocycles. The summed E-state index contributed by atoms with van der Waals surface area (Å²) in [6.45, 7) is 20.5. The minimum absolute atomic E-state index is 0.378. The van der Waals surface area contributed by atoms with Gasteiger partial charge in [-0.1, -0.05) is 111 Å². The van der Waals surface area contributed by atoms with Crippen LogP contribution in [0.15, 0.2) is 147 Å². The number of para-hydroxylation sites is 2. The van der Waals surface area contributed by atoms with E-state index in [0.29, 0.717) is 41.5 Å². The Hall–Kier alpha value is -5.16. The van der Waals surface area contributed by atoms with Crippen LogP contribution in [0.1, 0.15) is 73.6 Å². The number of quaternary nitrogens is 2. The molecule has 60 heavy (non-hydrogen) atoms. The highest BCUT2D eigenvalue weighted by atomic mass is 15.4. The second kappa shape index (κ2) is 16.4. The Bertz CT molecular complexity index is 2630. The number of benzene rings is 5. The molecule has 1 radical (unpaired) electrons. The van der Waals surface area contributed by atoms with Gasteiger partial charge in [0.25, 0.3) is 0 Å². The second-order valence-corrected chi connectivity index (χ2v) is 18.8. The Morgan fingerprint density at radius 3 is 1.88 bits per heavy atom. The molecule has 5 unspecified atom stereocenters. The van der Waals surface area contributed by atoms with Crippen LogP contribution in [0, 0.1) is 30.1 Å². The lowest BCUT2D eigenvalue weighted by Gasteiger charge is -2.59.